The first-order chi connectivity index (χ1) is 26.5. The van der Waals surface area contributed by atoms with Crippen LogP contribution in [0.5, 0.6) is 11.6 Å². The molecule has 1 saturated heterocycles. The number of ether oxygens (including phenoxy) is 3. The number of hydrogen-bond acceptors (Lipinski definition) is 11. The van der Waals surface area contributed by atoms with Gasteiger partial charge < -0.3 is 29.7 Å². The highest BCUT2D eigenvalue weighted by Gasteiger charge is 2.62. The first-order valence-electron chi connectivity index (χ1n) is 19.9. The number of alkyl carbamates (subject to hydrolysis) is 1. The van der Waals surface area contributed by atoms with Crippen molar-refractivity contribution in [2.75, 3.05) is 13.7 Å². The Labute approximate surface area is 320 Å². The van der Waals surface area contributed by atoms with E-state index >= 15 is 0 Å². The number of sulfonamides is 1. The number of aryl methyl sites for hydroxylation is 1. The molecule has 2 aromatic rings. The van der Waals surface area contributed by atoms with Crippen LogP contribution in [0, 0.1) is 11.8 Å². The molecule has 4 amide bonds. The Kier molecular flexibility index (Phi) is 10.4. The highest BCUT2D eigenvalue weighted by molar-refractivity contribution is 7.91. The Morgan fingerprint density at radius 2 is 1.80 bits per heavy atom. The second-order valence-electron chi connectivity index (χ2n) is 16.1. The Hall–Kier alpha value is -4.47. The van der Waals surface area contributed by atoms with Crippen molar-refractivity contribution in [2.45, 2.75) is 131 Å². The van der Waals surface area contributed by atoms with Crippen molar-refractivity contribution >= 4 is 44.9 Å². The molecule has 4 heterocycles. The highest BCUT2D eigenvalue weighted by atomic mass is 32.2. The molecule has 1 aromatic carbocycles. The number of amides is 4. The van der Waals surface area contributed by atoms with Crippen LogP contribution in [0.2, 0.25) is 0 Å². The number of aromatic nitrogens is 2. The van der Waals surface area contributed by atoms with Gasteiger partial charge in [0.05, 0.1) is 29.9 Å². The van der Waals surface area contributed by atoms with Gasteiger partial charge in [-0.2, -0.15) is 0 Å². The van der Waals surface area contributed by atoms with E-state index in [1.54, 1.807) is 13.2 Å². The maximum atomic E-state index is 14.6. The molecule has 3 saturated carbocycles. The van der Waals surface area contributed by atoms with Crippen molar-refractivity contribution in [3.8, 4) is 11.6 Å². The lowest BCUT2D eigenvalue weighted by molar-refractivity contribution is -0.141. The fraction of sp³-hybridized carbons (Fsp3) is 0.641. The molecule has 4 fully saturated rings. The molecule has 0 radical (unpaired) electrons. The quantitative estimate of drug-likeness (QED) is 0.384. The van der Waals surface area contributed by atoms with Gasteiger partial charge in [0, 0.05) is 18.4 Å². The molecular formula is C39H50N6O9S. The second-order valence-corrected chi connectivity index (χ2v) is 18.0. The van der Waals surface area contributed by atoms with Crippen molar-refractivity contribution in [3.05, 3.63) is 36.0 Å². The van der Waals surface area contributed by atoms with E-state index in [0.29, 0.717) is 66.9 Å². The minimum atomic E-state index is -3.89. The summed E-state index contributed by atoms with van der Waals surface area (Å²) >= 11 is 0. The Morgan fingerprint density at radius 1 is 0.982 bits per heavy atom. The van der Waals surface area contributed by atoms with Gasteiger partial charge in [0.15, 0.2) is 0 Å². The lowest BCUT2D eigenvalue weighted by atomic mass is 10.0. The summed E-state index contributed by atoms with van der Waals surface area (Å²) in [7, 11) is -2.31. The van der Waals surface area contributed by atoms with E-state index in [0.717, 1.165) is 44.9 Å². The predicted octanol–water partition coefficient (Wildman–Crippen LogP) is 3.59. The number of carbonyl (C=O) groups excluding carboxylic acids is 4. The molecule has 3 aliphatic carbocycles. The number of hydrogen-bond donors (Lipinski definition) is 3. The largest absolute Gasteiger partial charge is 0.497 e. The van der Waals surface area contributed by atoms with E-state index in [-0.39, 0.29) is 31.4 Å². The summed E-state index contributed by atoms with van der Waals surface area (Å²) < 4.78 is 45.8. The minimum absolute atomic E-state index is 0.00466. The predicted molar refractivity (Wildman–Crippen MR) is 199 cm³/mol. The summed E-state index contributed by atoms with van der Waals surface area (Å²) in [5.74, 6) is -1.05. The van der Waals surface area contributed by atoms with E-state index in [2.05, 4.69) is 15.4 Å². The summed E-state index contributed by atoms with van der Waals surface area (Å²) in [4.78, 5) is 67.2. The third kappa shape index (κ3) is 8.24. The lowest BCUT2D eigenvalue weighted by Crippen LogP contribution is -2.58. The first kappa shape index (κ1) is 37.5. The van der Waals surface area contributed by atoms with Crippen LogP contribution >= 0.6 is 0 Å². The van der Waals surface area contributed by atoms with E-state index in [1.807, 2.05) is 24.3 Å². The second kappa shape index (κ2) is 15.2. The van der Waals surface area contributed by atoms with Crippen LogP contribution in [0.1, 0.15) is 95.6 Å². The van der Waals surface area contributed by atoms with Gasteiger partial charge in [-0.25, -0.2) is 23.2 Å². The Bertz CT molecular complexity index is 1990. The molecule has 55 heavy (non-hydrogen) atoms. The first-order valence-corrected chi connectivity index (χ1v) is 21.4. The van der Waals surface area contributed by atoms with Crippen LogP contribution in [-0.4, -0.2) is 95.8 Å². The van der Waals surface area contributed by atoms with Crippen molar-refractivity contribution in [1.29, 1.82) is 0 Å². The number of nitrogens with zero attached hydrogens (tertiary/aromatic N) is 3. The molecule has 15 nitrogen and oxygen atoms in total. The van der Waals surface area contributed by atoms with Crippen molar-refractivity contribution in [1.82, 2.24) is 30.2 Å². The lowest BCUT2D eigenvalue weighted by Gasteiger charge is -2.29. The van der Waals surface area contributed by atoms with Crippen LogP contribution in [0.25, 0.3) is 11.0 Å². The molecule has 7 unspecified atom stereocenters. The number of rotatable bonds is 4. The molecule has 1 aromatic heterocycles. The van der Waals surface area contributed by atoms with Gasteiger partial charge in [-0.3, -0.25) is 19.1 Å². The molecule has 6 aliphatic rings. The maximum absolute atomic E-state index is 14.6. The number of nitrogens with one attached hydrogen (secondary N) is 3. The van der Waals surface area contributed by atoms with Crippen LogP contribution < -0.4 is 24.8 Å². The number of fused-ring (bicyclic) bond motifs is 6. The van der Waals surface area contributed by atoms with Crippen LogP contribution in [0.15, 0.2) is 30.4 Å². The van der Waals surface area contributed by atoms with Crippen LogP contribution in [-0.2, 0) is 35.6 Å². The Morgan fingerprint density at radius 3 is 2.62 bits per heavy atom. The van der Waals surface area contributed by atoms with E-state index < -0.39 is 68.7 Å². The molecule has 3 aliphatic heterocycles. The zero-order chi connectivity index (χ0) is 38.3. The summed E-state index contributed by atoms with van der Waals surface area (Å²) in [5, 5.41) is 5.11. The molecule has 0 spiro atoms. The zero-order valence-corrected chi connectivity index (χ0v) is 32.0. The van der Waals surface area contributed by atoms with Crippen LogP contribution in [0.3, 0.4) is 0 Å². The fourth-order valence-electron chi connectivity index (χ4n) is 8.30. The summed E-state index contributed by atoms with van der Waals surface area (Å²) in [6.07, 6.45) is 11.9. The fourth-order valence-corrected chi connectivity index (χ4v) is 9.67. The van der Waals surface area contributed by atoms with Crippen molar-refractivity contribution in [3.63, 3.8) is 0 Å². The Balaban J connectivity index is 1.13. The number of benzene rings is 1. The number of allylic oxidation sites excluding steroid dienone is 1. The van der Waals surface area contributed by atoms with E-state index in [9.17, 15) is 27.6 Å². The molecule has 3 N–H and O–H groups in total. The number of carbonyl (C=O) groups is 4. The van der Waals surface area contributed by atoms with E-state index in [1.165, 1.54) is 4.90 Å². The molecule has 3 bridgehead atoms. The van der Waals surface area contributed by atoms with Gasteiger partial charge in [-0.05, 0) is 82.3 Å². The average Bonchev–Trinajstić information content (AvgIpc) is 4.09. The maximum Gasteiger partial charge on any atom is 0.408 e. The van der Waals surface area contributed by atoms with Gasteiger partial charge >= 0.3 is 6.09 Å². The van der Waals surface area contributed by atoms with Crippen molar-refractivity contribution < 1.29 is 41.8 Å². The standard InChI is InChI=1S/C39H50N6O9S/c1-52-25-14-17-28-31(19-25)41-35-29(40-28)12-9-5-6-10-23-18-33(23)54-38(49)42-30-13-8-4-2-3-7-11-24-21-39(24,37(48)44-55(50,51)27-15-16-27)43-34(46)32-20-26(53-35)22-45(32)36(30)47/h7,11,14,17,19,23-24,26-27,30,32-33H,2-6,8-10,12-13,15-16,18,20-22H2,1H3,(H,42,49)(H,43,46)(H,44,48)/b11-7-. The number of methoxy groups -OCH3 is 1. The monoisotopic (exact) mass is 778 g/mol. The summed E-state index contributed by atoms with van der Waals surface area (Å²) in [6.45, 7) is 0.00466. The van der Waals surface area contributed by atoms with Gasteiger partial charge in [0.2, 0.25) is 27.7 Å². The van der Waals surface area contributed by atoms with Gasteiger partial charge in [0.25, 0.3) is 5.91 Å². The third-order valence-corrected chi connectivity index (χ3v) is 13.7. The van der Waals surface area contributed by atoms with Gasteiger partial charge in [-0.1, -0.05) is 37.8 Å². The molecule has 7 atom stereocenters. The summed E-state index contributed by atoms with van der Waals surface area (Å²) in [5.41, 5.74) is 0.451. The SMILES string of the molecule is COc1ccc2nc3c(nc2c1)OC1CC2C(=O)NC4(C(=O)NS(=O)(=O)C5CC5)CC4/C=C\CCCCCC(NC(=O)OC4CC4CCCCC3)C(=O)N2C1. The van der Waals surface area contributed by atoms with Crippen molar-refractivity contribution in [2.24, 2.45) is 11.8 Å². The minimum Gasteiger partial charge on any atom is -0.497 e. The molecule has 8 rings (SSSR count). The van der Waals surface area contributed by atoms with Crippen LogP contribution in [0.4, 0.5) is 4.79 Å². The molecule has 296 valence electrons. The highest BCUT2D eigenvalue weighted by Crippen LogP contribution is 2.46. The van der Waals surface area contributed by atoms with E-state index in [4.69, 9.17) is 24.2 Å². The van der Waals surface area contributed by atoms with Gasteiger partial charge in [0.1, 0.15) is 41.3 Å². The normalized spacial score (nSPS) is 32.3. The van der Waals surface area contributed by atoms with Gasteiger partial charge in [-0.15, -0.1) is 0 Å². The topological polar surface area (TPSA) is 195 Å². The molecular weight excluding hydrogens is 729 g/mol. The third-order valence-electron chi connectivity index (χ3n) is 11.9. The molecule has 16 heteroatoms. The summed E-state index contributed by atoms with van der Waals surface area (Å²) in [6, 6.07) is 3.41. The zero-order valence-electron chi connectivity index (χ0n) is 31.2. The average molecular weight is 779 g/mol. The smallest absolute Gasteiger partial charge is 0.408 e.